The number of carbonyl (C=O) groups is 2. The third-order valence-electron chi connectivity index (χ3n) is 5.17. The normalized spacial score (nSPS) is 11.6. The zero-order chi connectivity index (χ0) is 24.5. The van der Waals surface area contributed by atoms with Crippen molar-refractivity contribution in [3.63, 3.8) is 0 Å². The van der Waals surface area contributed by atoms with Crippen LogP contribution in [-0.2, 0) is 16.1 Å². The zero-order valence-corrected chi connectivity index (χ0v) is 20.2. The molecule has 2 aromatic carbocycles. The third-order valence-corrected chi connectivity index (χ3v) is 5.73. The van der Waals surface area contributed by atoms with E-state index < -0.39 is 18.5 Å². The molecule has 0 bridgehead atoms. The summed E-state index contributed by atoms with van der Waals surface area (Å²) in [4.78, 5) is 36.8. The SMILES string of the molecule is CCC[C@@H](CNC(=O)COC(=O)c1ccc(=O)n(Cc2ccccc2)n1)c1ccc(Cl)cc1Cl. The summed E-state index contributed by atoms with van der Waals surface area (Å²) in [5.74, 6) is -1.24. The molecule has 34 heavy (non-hydrogen) atoms. The lowest BCUT2D eigenvalue weighted by molar-refractivity contribution is -0.124. The van der Waals surface area contributed by atoms with Crippen LogP contribution in [0.15, 0.2) is 65.5 Å². The first-order chi connectivity index (χ1) is 16.4. The molecule has 0 aliphatic heterocycles. The van der Waals surface area contributed by atoms with Crippen LogP contribution in [0.3, 0.4) is 0 Å². The van der Waals surface area contributed by atoms with Crippen molar-refractivity contribution < 1.29 is 14.3 Å². The van der Waals surface area contributed by atoms with Crippen LogP contribution in [0.1, 0.15) is 47.3 Å². The smallest absolute Gasteiger partial charge is 0.359 e. The Morgan fingerprint density at radius 2 is 1.85 bits per heavy atom. The number of benzene rings is 2. The van der Waals surface area contributed by atoms with Crippen molar-refractivity contribution in [3.8, 4) is 0 Å². The average molecular weight is 502 g/mol. The van der Waals surface area contributed by atoms with Crippen LogP contribution >= 0.6 is 23.2 Å². The van der Waals surface area contributed by atoms with E-state index in [9.17, 15) is 14.4 Å². The lowest BCUT2D eigenvalue weighted by Crippen LogP contribution is -2.33. The number of rotatable bonds is 10. The molecule has 0 saturated carbocycles. The Hall–Kier alpha value is -3.16. The molecular weight excluding hydrogens is 477 g/mol. The van der Waals surface area contributed by atoms with Crippen molar-refractivity contribution in [3.05, 3.63) is 97.9 Å². The van der Waals surface area contributed by atoms with E-state index in [0.717, 1.165) is 24.0 Å². The van der Waals surface area contributed by atoms with Crippen molar-refractivity contribution in [1.82, 2.24) is 15.1 Å². The van der Waals surface area contributed by atoms with Crippen LogP contribution in [-0.4, -0.2) is 34.8 Å². The quantitative estimate of drug-likeness (QED) is 0.414. The fourth-order valence-corrected chi connectivity index (χ4v) is 4.03. The standard InChI is InChI=1S/C25H25Cl2N3O4/c1-2-6-18(20-10-9-19(26)13-21(20)27)14-28-23(31)16-34-25(33)22-11-12-24(32)30(29-22)15-17-7-4-3-5-8-17/h3-5,7-13,18H,2,6,14-16H2,1H3,(H,28,31)/t18-/m0/s1. The molecule has 1 aromatic heterocycles. The second-order valence-corrected chi connectivity index (χ2v) is 8.58. The molecule has 7 nitrogen and oxygen atoms in total. The van der Waals surface area contributed by atoms with Gasteiger partial charge in [-0.2, -0.15) is 5.10 Å². The average Bonchev–Trinajstić information content (AvgIpc) is 2.82. The van der Waals surface area contributed by atoms with Gasteiger partial charge in [-0.15, -0.1) is 0 Å². The number of carbonyl (C=O) groups excluding carboxylic acids is 2. The van der Waals surface area contributed by atoms with Gasteiger partial charge in [0.25, 0.3) is 11.5 Å². The Labute approximate surface area is 207 Å². The van der Waals surface area contributed by atoms with E-state index in [1.165, 1.54) is 16.8 Å². The van der Waals surface area contributed by atoms with Gasteiger partial charge in [0.15, 0.2) is 12.3 Å². The fourth-order valence-electron chi connectivity index (χ4n) is 3.47. The summed E-state index contributed by atoms with van der Waals surface area (Å²) in [6.45, 7) is 2.13. The number of hydrogen-bond donors (Lipinski definition) is 1. The molecule has 1 atom stereocenters. The summed E-state index contributed by atoms with van der Waals surface area (Å²) in [5, 5.41) is 7.95. The van der Waals surface area contributed by atoms with E-state index in [1.54, 1.807) is 12.1 Å². The third kappa shape index (κ3) is 7.17. The van der Waals surface area contributed by atoms with Crippen molar-refractivity contribution in [1.29, 1.82) is 0 Å². The summed E-state index contributed by atoms with van der Waals surface area (Å²) in [6, 6.07) is 17.1. The van der Waals surface area contributed by atoms with Crippen LogP contribution in [0, 0.1) is 0 Å². The monoisotopic (exact) mass is 501 g/mol. The Morgan fingerprint density at radius 1 is 1.09 bits per heavy atom. The van der Waals surface area contributed by atoms with Crippen LogP contribution in [0.2, 0.25) is 10.0 Å². The van der Waals surface area contributed by atoms with E-state index in [1.807, 2.05) is 43.3 Å². The second kappa shape index (κ2) is 12.3. The minimum absolute atomic E-state index is 0.00220. The number of amides is 1. The highest BCUT2D eigenvalue weighted by atomic mass is 35.5. The van der Waals surface area contributed by atoms with Crippen molar-refractivity contribution >= 4 is 35.1 Å². The highest BCUT2D eigenvalue weighted by Gasteiger charge is 2.17. The number of nitrogens with one attached hydrogen (secondary N) is 1. The predicted molar refractivity (Wildman–Crippen MR) is 131 cm³/mol. The topological polar surface area (TPSA) is 90.3 Å². The first-order valence-electron chi connectivity index (χ1n) is 10.9. The Balaban J connectivity index is 1.56. The summed E-state index contributed by atoms with van der Waals surface area (Å²) in [5.41, 5.74) is 1.36. The lowest BCUT2D eigenvalue weighted by atomic mass is 9.94. The highest BCUT2D eigenvalue weighted by Crippen LogP contribution is 2.30. The predicted octanol–water partition coefficient (Wildman–Crippen LogP) is 4.46. The molecule has 0 aliphatic carbocycles. The molecule has 3 rings (SSSR count). The van der Waals surface area contributed by atoms with E-state index in [4.69, 9.17) is 27.9 Å². The van der Waals surface area contributed by atoms with Crippen molar-refractivity contribution in [2.45, 2.75) is 32.2 Å². The summed E-state index contributed by atoms with van der Waals surface area (Å²) >= 11 is 12.3. The van der Waals surface area contributed by atoms with Crippen molar-refractivity contribution in [2.24, 2.45) is 0 Å². The number of esters is 1. The van der Waals surface area contributed by atoms with Gasteiger partial charge in [-0.05, 0) is 35.7 Å². The van der Waals surface area contributed by atoms with Gasteiger partial charge in [-0.25, -0.2) is 9.48 Å². The number of hydrogen-bond acceptors (Lipinski definition) is 5. The van der Waals surface area contributed by atoms with Gasteiger partial charge in [-0.3, -0.25) is 9.59 Å². The van der Waals surface area contributed by atoms with Crippen LogP contribution < -0.4 is 10.9 Å². The van der Waals surface area contributed by atoms with E-state index in [2.05, 4.69) is 10.4 Å². The number of nitrogens with zero attached hydrogens (tertiary/aromatic N) is 2. The van der Waals surface area contributed by atoms with E-state index in [-0.39, 0.29) is 23.7 Å². The first kappa shape index (κ1) is 25.5. The van der Waals surface area contributed by atoms with Crippen LogP contribution in [0.25, 0.3) is 0 Å². The summed E-state index contributed by atoms with van der Waals surface area (Å²) in [6.07, 6.45) is 1.72. The highest BCUT2D eigenvalue weighted by molar-refractivity contribution is 6.35. The van der Waals surface area contributed by atoms with E-state index >= 15 is 0 Å². The molecule has 1 N–H and O–H groups in total. The fraction of sp³-hybridized carbons (Fsp3) is 0.280. The van der Waals surface area contributed by atoms with Gasteiger partial charge < -0.3 is 10.1 Å². The molecular formula is C25H25Cl2N3O4. The number of ether oxygens (including phenoxy) is 1. The lowest BCUT2D eigenvalue weighted by Gasteiger charge is -2.19. The summed E-state index contributed by atoms with van der Waals surface area (Å²) < 4.78 is 6.28. The van der Waals surface area contributed by atoms with E-state index in [0.29, 0.717) is 16.6 Å². The maximum Gasteiger partial charge on any atom is 0.359 e. The number of aromatic nitrogens is 2. The first-order valence-corrected chi connectivity index (χ1v) is 11.6. The molecule has 3 aromatic rings. The summed E-state index contributed by atoms with van der Waals surface area (Å²) in [7, 11) is 0. The number of halogens is 2. The Kier molecular flexibility index (Phi) is 9.24. The minimum Gasteiger partial charge on any atom is -0.451 e. The molecule has 0 fully saturated rings. The van der Waals surface area contributed by atoms with Crippen LogP contribution in [0.4, 0.5) is 0 Å². The molecule has 1 amide bonds. The van der Waals surface area contributed by atoms with Gasteiger partial charge in [0.05, 0.1) is 6.54 Å². The second-order valence-electron chi connectivity index (χ2n) is 7.73. The van der Waals surface area contributed by atoms with Crippen molar-refractivity contribution in [2.75, 3.05) is 13.2 Å². The largest absolute Gasteiger partial charge is 0.451 e. The minimum atomic E-state index is -0.789. The molecule has 0 spiro atoms. The molecule has 0 saturated heterocycles. The van der Waals surface area contributed by atoms with Crippen LogP contribution in [0.5, 0.6) is 0 Å². The molecule has 0 radical (unpaired) electrons. The molecule has 178 valence electrons. The molecule has 0 unspecified atom stereocenters. The maximum absolute atomic E-state index is 12.4. The Bertz CT molecular complexity index is 1200. The van der Waals surface area contributed by atoms with Gasteiger partial charge in [0.1, 0.15) is 0 Å². The molecule has 1 heterocycles. The molecule has 0 aliphatic rings. The van der Waals surface area contributed by atoms with Gasteiger partial charge in [0.2, 0.25) is 0 Å². The zero-order valence-electron chi connectivity index (χ0n) is 18.7. The van der Waals surface area contributed by atoms with Gasteiger partial charge in [-0.1, -0.05) is 72.9 Å². The van der Waals surface area contributed by atoms with Gasteiger partial charge >= 0.3 is 5.97 Å². The molecule has 9 heteroatoms. The maximum atomic E-state index is 12.4. The van der Waals surface area contributed by atoms with Gasteiger partial charge in [0, 0.05) is 28.6 Å². The Morgan fingerprint density at radius 3 is 2.56 bits per heavy atom.